The van der Waals surface area contributed by atoms with Crippen molar-refractivity contribution in [2.24, 2.45) is 5.41 Å². The van der Waals surface area contributed by atoms with Crippen LogP contribution in [0.4, 0.5) is 5.69 Å². The molecule has 3 nitrogen and oxygen atoms in total. The average molecular weight is 442 g/mol. The van der Waals surface area contributed by atoms with Crippen LogP contribution >= 0.6 is 23.2 Å². The van der Waals surface area contributed by atoms with Gasteiger partial charge in [-0.2, -0.15) is 0 Å². The van der Waals surface area contributed by atoms with Crippen molar-refractivity contribution in [3.05, 3.63) is 74.4 Å². The van der Waals surface area contributed by atoms with E-state index in [0.29, 0.717) is 22.9 Å². The van der Waals surface area contributed by atoms with Crippen molar-refractivity contribution >= 4 is 40.6 Å². The molecule has 156 valence electrons. The minimum atomic E-state index is -0.345. The summed E-state index contributed by atoms with van der Waals surface area (Å²) >= 11 is 12.6. The number of allylic oxidation sites excluding steroid dienone is 2. The second-order valence-electron chi connectivity index (χ2n) is 9.24. The first kappa shape index (κ1) is 21.1. The van der Waals surface area contributed by atoms with Gasteiger partial charge in [0.15, 0.2) is 5.78 Å². The van der Waals surface area contributed by atoms with E-state index in [0.717, 1.165) is 33.6 Å². The maximum absolute atomic E-state index is 13.5. The summed E-state index contributed by atoms with van der Waals surface area (Å²) in [5.41, 5.74) is 5.13. The van der Waals surface area contributed by atoms with Crippen LogP contribution in [-0.4, -0.2) is 11.7 Å². The number of halogens is 2. The number of carbonyl (C=O) groups excluding carboxylic acids is 2. The average Bonchev–Trinajstić information content (AvgIpc) is 2.61. The fourth-order valence-corrected chi connectivity index (χ4v) is 5.34. The molecule has 0 radical (unpaired) electrons. The maximum Gasteiger partial charge on any atom is 0.232 e. The van der Waals surface area contributed by atoms with Gasteiger partial charge < -0.3 is 0 Å². The minimum absolute atomic E-state index is 0.0118. The summed E-state index contributed by atoms with van der Waals surface area (Å²) in [6.07, 6.45) is 1.33. The number of Topliss-reactive ketones (excluding diaryl/α,β-unsaturated/α-hetero) is 1. The number of amides is 1. The van der Waals surface area contributed by atoms with Crippen LogP contribution in [0.3, 0.4) is 0 Å². The molecular formula is C25H25Cl2NO2. The second kappa shape index (κ2) is 7.55. The summed E-state index contributed by atoms with van der Waals surface area (Å²) in [5.74, 6) is -0.260. The molecule has 0 aromatic heterocycles. The van der Waals surface area contributed by atoms with Crippen molar-refractivity contribution in [3.63, 3.8) is 0 Å². The highest BCUT2D eigenvalue weighted by molar-refractivity contribution is 6.35. The summed E-state index contributed by atoms with van der Waals surface area (Å²) < 4.78 is 0. The SMILES string of the molecule is Cc1ccc(N2C(=O)CC(c3ccc(Cl)cc3Cl)C3=C2CC(C)(C)CC3=O)c(C)c1. The Kier molecular flexibility index (Phi) is 5.32. The number of nitrogens with zero attached hydrogens (tertiary/aromatic N) is 1. The van der Waals surface area contributed by atoms with E-state index in [1.807, 2.05) is 32.0 Å². The highest BCUT2D eigenvalue weighted by atomic mass is 35.5. The number of aryl methyl sites for hydroxylation is 2. The first-order valence-corrected chi connectivity index (χ1v) is 10.9. The number of hydrogen-bond acceptors (Lipinski definition) is 2. The van der Waals surface area contributed by atoms with Crippen LogP contribution < -0.4 is 4.90 Å². The molecule has 2 aliphatic rings. The Morgan fingerprint density at radius 2 is 1.73 bits per heavy atom. The molecule has 1 aliphatic heterocycles. The first-order valence-electron chi connectivity index (χ1n) is 10.2. The van der Waals surface area contributed by atoms with Crippen LogP contribution in [-0.2, 0) is 9.59 Å². The molecule has 5 heteroatoms. The lowest BCUT2D eigenvalue weighted by molar-refractivity contribution is -0.121. The van der Waals surface area contributed by atoms with Gasteiger partial charge in [0.25, 0.3) is 0 Å². The molecule has 0 saturated carbocycles. The summed E-state index contributed by atoms with van der Waals surface area (Å²) in [6, 6.07) is 11.3. The number of rotatable bonds is 2. The van der Waals surface area contributed by atoms with Crippen LogP contribution in [0.1, 0.15) is 55.7 Å². The maximum atomic E-state index is 13.5. The van der Waals surface area contributed by atoms with E-state index in [-0.39, 0.29) is 29.4 Å². The van der Waals surface area contributed by atoms with Gasteiger partial charge in [-0.1, -0.05) is 60.8 Å². The summed E-state index contributed by atoms with van der Waals surface area (Å²) in [7, 11) is 0. The molecule has 0 bridgehead atoms. The Balaban J connectivity index is 1.93. The number of hydrogen-bond donors (Lipinski definition) is 0. The molecule has 30 heavy (non-hydrogen) atoms. The lowest BCUT2D eigenvalue weighted by Gasteiger charge is -2.43. The number of benzene rings is 2. The van der Waals surface area contributed by atoms with Crippen molar-refractivity contribution in [2.45, 2.75) is 52.9 Å². The molecule has 1 heterocycles. The zero-order valence-corrected chi connectivity index (χ0v) is 19.2. The molecule has 0 N–H and O–H groups in total. The molecule has 1 amide bonds. The van der Waals surface area contributed by atoms with Crippen LogP contribution in [0, 0.1) is 19.3 Å². The molecule has 2 aromatic carbocycles. The zero-order chi connectivity index (χ0) is 21.8. The second-order valence-corrected chi connectivity index (χ2v) is 10.1. The number of ketones is 1. The normalized spacial score (nSPS) is 21.1. The van der Waals surface area contributed by atoms with Crippen LogP contribution in [0.2, 0.25) is 10.0 Å². The van der Waals surface area contributed by atoms with E-state index in [2.05, 4.69) is 19.9 Å². The lowest BCUT2D eigenvalue weighted by Crippen LogP contribution is -2.44. The third-order valence-electron chi connectivity index (χ3n) is 6.07. The van der Waals surface area contributed by atoms with E-state index >= 15 is 0 Å². The van der Waals surface area contributed by atoms with E-state index in [4.69, 9.17) is 23.2 Å². The topological polar surface area (TPSA) is 37.4 Å². The van der Waals surface area contributed by atoms with Crippen molar-refractivity contribution in [1.29, 1.82) is 0 Å². The summed E-state index contributed by atoms with van der Waals surface area (Å²) in [5, 5.41) is 1.03. The quantitative estimate of drug-likeness (QED) is 0.515. The van der Waals surface area contributed by atoms with Crippen LogP contribution in [0.25, 0.3) is 0 Å². The fourth-order valence-electron chi connectivity index (χ4n) is 4.80. The Hall–Kier alpha value is -2.10. The summed E-state index contributed by atoms with van der Waals surface area (Å²) in [6.45, 7) is 8.20. The Morgan fingerprint density at radius 3 is 2.40 bits per heavy atom. The number of anilines is 1. The standard InChI is InChI=1S/C25H25Cl2NO2/c1-14-5-8-20(15(2)9-14)28-21-12-25(3,4)13-22(29)24(21)18(11-23(28)30)17-7-6-16(26)10-19(17)27/h5-10,18H,11-13H2,1-4H3. The molecule has 1 aliphatic carbocycles. The zero-order valence-electron chi connectivity index (χ0n) is 17.7. The Labute approximate surface area is 187 Å². The summed E-state index contributed by atoms with van der Waals surface area (Å²) in [4.78, 5) is 28.6. The predicted molar refractivity (Wildman–Crippen MR) is 122 cm³/mol. The minimum Gasteiger partial charge on any atom is -0.294 e. The van der Waals surface area contributed by atoms with Crippen molar-refractivity contribution in [1.82, 2.24) is 0 Å². The van der Waals surface area contributed by atoms with Crippen molar-refractivity contribution in [3.8, 4) is 0 Å². The van der Waals surface area contributed by atoms with Gasteiger partial charge in [-0.25, -0.2) is 0 Å². The predicted octanol–water partition coefficient (Wildman–Crippen LogP) is 6.77. The van der Waals surface area contributed by atoms with Gasteiger partial charge in [0.05, 0.1) is 5.69 Å². The molecule has 1 unspecified atom stereocenters. The van der Waals surface area contributed by atoms with Gasteiger partial charge in [0, 0.05) is 40.1 Å². The highest BCUT2D eigenvalue weighted by Crippen LogP contribution is 2.49. The van der Waals surface area contributed by atoms with Crippen molar-refractivity contribution < 1.29 is 9.59 Å². The van der Waals surface area contributed by atoms with E-state index in [9.17, 15) is 9.59 Å². The monoisotopic (exact) mass is 441 g/mol. The smallest absolute Gasteiger partial charge is 0.232 e. The Morgan fingerprint density at radius 1 is 1.00 bits per heavy atom. The van der Waals surface area contributed by atoms with E-state index < -0.39 is 0 Å². The molecule has 1 atom stereocenters. The molecule has 0 fully saturated rings. The highest BCUT2D eigenvalue weighted by Gasteiger charge is 2.45. The molecule has 2 aromatic rings. The third kappa shape index (κ3) is 3.70. The molecule has 0 spiro atoms. The van der Waals surface area contributed by atoms with Crippen LogP contribution in [0.15, 0.2) is 47.7 Å². The van der Waals surface area contributed by atoms with Gasteiger partial charge in [-0.15, -0.1) is 0 Å². The first-order chi connectivity index (χ1) is 14.1. The van der Waals surface area contributed by atoms with E-state index in [1.54, 1.807) is 17.0 Å². The fraction of sp³-hybridized carbons (Fsp3) is 0.360. The van der Waals surface area contributed by atoms with Crippen LogP contribution in [0.5, 0.6) is 0 Å². The molecule has 4 rings (SSSR count). The Bertz CT molecular complexity index is 1100. The van der Waals surface area contributed by atoms with Gasteiger partial charge in [0.2, 0.25) is 5.91 Å². The van der Waals surface area contributed by atoms with Gasteiger partial charge >= 0.3 is 0 Å². The third-order valence-corrected chi connectivity index (χ3v) is 6.64. The molecular weight excluding hydrogens is 417 g/mol. The van der Waals surface area contributed by atoms with E-state index in [1.165, 1.54) is 0 Å². The molecule has 0 saturated heterocycles. The lowest BCUT2D eigenvalue weighted by atomic mass is 9.69. The van der Waals surface area contributed by atoms with Gasteiger partial charge in [-0.3, -0.25) is 14.5 Å². The van der Waals surface area contributed by atoms with Gasteiger partial charge in [-0.05, 0) is 55.0 Å². The number of carbonyl (C=O) groups is 2. The van der Waals surface area contributed by atoms with Crippen molar-refractivity contribution in [2.75, 3.05) is 4.90 Å². The van der Waals surface area contributed by atoms with Gasteiger partial charge in [0.1, 0.15) is 0 Å². The largest absolute Gasteiger partial charge is 0.294 e.